The number of rotatable bonds is 7. The molecule has 2 saturated heterocycles. The smallest absolute Gasteiger partial charge is 0.239 e. The number of aliphatic hydroxyl groups excluding tert-OH is 8. The first-order valence-corrected chi connectivity index (χ1v) is 13.3. The summed E-state index contributed by atoms with van der Waals surface area (Å²) in [7, 11) is 0. The zero-order chi connectivity index (χ0) is 32.9. The second-order valence-corrected chi connectivity index (χ2v) is 10.4. The summed E-state index contributed by atoms with van der Waals surface area (Å²) in [5, 5.41) is 120. The molecular formula is C27H30O18. The molecule has 0 spiro atoms. The summed E-state index contributed by atoms with van der Waals surface area (Å²) in [5.74, 6) is -5.21. The van der Waals surface area contributed by atoms with Gasteiger partial charge < -0.3 is 84.6 Å². The van der Waals surface area contributed by atoms with Gasteiger partial charge in [-0.25, -0.2) is 0 Å². The highest BCUT2D eigenvalue weighted by Crippen LogP contribution is 2.43. The van der Waals surface area contributed by atoms with Crippen LogP contribution in [0.1, 0.15) is 0 Å². The van der Waals surface area contributed by atoms with Crippen LogP contribution in [0.2, 0.25) is 0 Å². The number of phenolic OH excluding ortho intramolecular Hbond substituents is 4. The van der Waals surface area contributed by atoms with Gasteiger partial charge in [-0.3, -0.25) is 4.79 Å². The zero-order valence-corrected chi connectivity index (χ0v) is 22.8. The number of hydrogen-bond donors (Lipinski definition) is 12. The van der Waals surface area contributed by atoms with Crippen LogP contribution in [0, 0.1) is 0 Å². The third-order valence-electron chi connectivity index (χ3n) is 7.42. The summed E-state index contributed by atoms with van der Waals surface area (Å²) < 4.78 is 27.5. The molecule has 0 saturated carbocycles. The Labute approximate surface area is 250 Å². The zero-order valence-electron chi connectivity index (χ0n) is 22.8. The summed E-state index contributed by atoms with van der Waals surface area (Å²) in [6.45, 7) is -1.59. The molecule has 12 N–H and O–H groups in total. The van der Waals surface area contributed by atoms with Gasteiger partial charge >= 0.3 is 0 Å². The van der Waals surface area contributed by atoms with Crippen molar-refractivity contribution in [1.29, 1.82) is 0 Å². The third kappa shape index (κ3) is 5.79. The van der Waals surface area contributed by atoms with Gasteiger partial charge in [-0.05, 0) is 12.1 Å². The van der Waals surface area contributed by atoms with E-state index in [9.17, 15) is 66.1 Å². The van der Waals surface area contributed by atoms with E-state index in [0.717, 1.165) is 24.3 Å². The molecule has 0 radical (unpaired) electrons. The quantitative estimate of drug-likeness (QED) is 0.112. The standard InChI is InChI=1S/C27H30O18/c28-5-13-17(34)20(37)22(39)26(43-13)41-8-3-9(30)15-12(4-8)42-24(7-1-10(31)16(33)11(32)2-7)25(19(15)36)45-27-23(40)21(38)18(35)14(6-29)44-27/h1-4,13-14,17-18,20-23,26-35,37-40H,5-6H2/t13-,14-,17+,18-,20-,21-,22-,23-,26-,27-/m1/s1. The van der Waals surface area contributed by atoms with Crippen molar-refractivity contribution in [3.63, 3.8) is 0 Å². The summed E-state index contributed by atoms with van der Waals surface area (Å²) in [6.07, 6.45) is -17.4. The van der Waals surface area contributed by atoms with Crippen molar-refractivity contribution in [2.24, 2.45) is 0 Å². The SMILES string of the molecule is O=c1c(O[C@H]2O[C@H](CO)[C@@H](O)[C@@H](O)[C@H]2O)c(-c2cc(O)c(O)c(O)c2)oc2cc(O[C@@H]3O[C@H](CO)[C@H](O)[C@@H](O)[C@H]3O)cc(O)c12. The van der Waals surface area contributed by atoms with Crippen molar-refractivity contribution in [1.82, 2.24) is 0 Å². The van der Waals surface area contributed by atoms with E-state index in [-0.39, 0.29) is 11.3 Å². The van der Waals surface area contributed by atoms with Gasteiger partial charge in [0.15, 0.2) is 23.0 Å². The molecule has 18 nitrogen and oxygen atoms in total. The molecule has 45 heavy (non-hydrogen) atoms. The number of ether oxygens (including phenoxy) is 4. The molecule has 2 aliphatic heterocycles. The van der Waals surface area contributed by atoms with Crippen LogP contribution in [0.5, 0.6) is 34.5 Å². The van der Waals surface area contributed by atoms with Crippen molar-refractivity contribution in [3.05, 3.63) is 34.5 Å². The molecule has 2 aliphatic rings. The normalized spacial score (nSPS) is 32.0. The van der Waals surface area contributed by atoms with E-state index >= 15 is 0 Å². The fourth-order valence-corrected chi connectivity index (χ4v) is 4.94. The predicted octanol–water partition coefficient (Wildman–Crippen LogP) is -3.36. The fourth-order valence-electron chi connectivity index (χ4n) is 4.94. The van der Waals surface area contributed by atoms with Crippen LogP contribution in [0.25, 0.3) is 22.3 Å². The number of hydrogen-bond acceptors (Lipinski definition) is 18. The maximum atomic E-state index is 13.8. The Morgan fingerprint density at radius 1 is 0.644 bits per heavy atom. The first-order chi connectivity index (χ1) is 21.3. The Hall–Kier alpha value is -3.95. The lowest BCUT2D eigenvalue weighted by Crippen LogP contribution is -2.60. The molecule has 2 fully saturated rings. The fraction of sp³-hybridized carbons (Fsp3) is 0.444. The molecular weight excluding hydrogens is 612 g/mol. The minimum Gasteiger partial charge on any atom is -0.507 e. The van der Waals surface area contributed by atoms with Gasteiger partial charge in [0.25, 0.3) is 0 Å². The second kappa shape index (κ2) is 12.4. The number of aliphatic hydroxyl groups is 8. The van der Waals surface area contributed by atoms with Crippen LogP contribution in [0.15, 0.2) is 33.5 Å². The van der Waals surface area contributed by atoms with Crippen LogP contribution in [0.4, 0.5) is 0 Å². The maximum Gasteiger partial charge on any atom is 0.239 e. The van der Waals surface area contributed by atoms with Crippen LogP contribution in [-0.2, 0) is 9.47 Å². The molecule has 2 aromatic carbocycles. The minimum absolute atomic E-state index is 0.305. The van der Waals surface area contributed by atoms with Crippen LogP contribution in [0.3, 0.4) is 0 Å². The van der Waals surface area contributed by atoms with E-state index in [4.69, 9.17) is 23.4 Å². The molecule has 3 heterocycles. The Morgan fingerprint density at radius 2 is 1.16 bits per heavy atom. The monoisotopic (exact) mass is 642 g/mol. The van der Waals surface area contributed by atoms with Gasteiger partial charge in [0.05, 0.1) is 13.2 Å². The summed E-state index contributed by atoms with van der Waals surface area (Å²) in [6, 6.07) is 3.62. The first kappa shape index (κ1) is 32.4. The second-order valence-electron chi connectivity index (χ2n) is 10.4. The highest BCUT2D eigenvalue weighted by atomic mass is 16.7. The number of benzene rings is 2. The van der Waals surface area contributed by atoms with E-state index < -0.39 is 126 Å². The van der Waals surface area contributed by atoms with Crippen LogP contribution >= 0.6 is 0 Å². The van der Waals surface area contributed by atoms with Crippen molar-refractivity contribution in [3.8, 4) is 45.8 Å². The van der Waals surface area contributed by atoms with E-state index in [1.54, 1.807) is 0 Å². The molecule has 1 aromatic heterocycles. The number of fused-ring (bicyclic) bond motifs is 1. The molecule has 5 rings (SSSR count). The molecule has 0 unspecified atom stereocenters. The average Bonchev–Trinajstić information content (AvgIpc) is 3.00. The Morgan fingerprint density at radius 3 is 1.67 bits per heavy atom. The number of phenols is 4. The molecule has 0 aliphatic carbocycles. The molecule has 246 valence electrons. The van der Waals surface area contributed by atoms with E-state index in [0.29, 0.717) is 0 Å². The third-order valence-corrected chi connectivity index (χ3v) is 7.42. The summed E-state index contributed by atoms with van der Waals surface area (Å²) >= 11 is 0. The minimum atomic E-state index is -1.99. The van der Waals surface area contributed by atoms with Gasteiger partial charge in [-0.2, -0.15) is 0 Å². The van der Waals surface area contributed by atoms with Gasteiger partial charge in [-0.15, -0.1) is 0 Å². The van der Waals surface area contributed by atoms with Crippen molar-refractivity contribution < 1.29 is 84.6 Å². The van der Waals surface area contributed by atoms with E-state index in [1.165, 1.54) is 0 Å². The molecule has 10 atom stereocenters. The predicted molar refractivity (Wildman–Crippen MR) is 143 cm³/mol. The Kier molecular flexibility index (Phi) is 8.97. The van der Waals surface area contributed by atoms with Gasteiger partial charge in [0.1, 0.15) is 71.3 Å². The Bertz CT molecular complexity index is 1580. The van der Waals surface area contributed by atoms with Crippen LogP contribution in [-0.4, -0.2) is 136 Å². The lowest BCUT2D eigenvalue weighted by Gasteiger charge is -2.39. The lowest BCUT2D eigenvalue weighted by atomic mass is 9.99. The van der Waals surface area contributed by atoms with Crippen molar-refractivity contribution in [2.45, 2.75) is 61.4 Å². The topological polar surface area (TPSA) is 310 Å². The molecule has 3 aromatic rings. The first-order valence-electron chi connectivity index (χ1n) is 13.3. The lowest BCUT2D eigenvalue weighted by molar-refractivity contribution is -0.277. The molecule has 0 bridgehead atoms. The highest BCUT2D eigenvalue weighted by molar-refractivity contribution is 5.88. The van der Waals surface area contributed by atoms with Gasteiger partial charge in [0, 0.05) is 17.7 Å². The van der Waals surface area contributed by atoms with Gasteiger partial charge in [-0.1, -0.05) is 0 Å². The average molecular weight is 643 g/mol. The van der Waals surface area contributed by atoms with Crippen molar-refractivity contribution in [2.75, 3.05) is 13.2 Å². The maximum absolute atomic E-state index is 13.8. The van der Waals surface area contributed by atoms with Crippen LogP contribution < -0.4 is 14.9 Å². The van der Waals surface area contributed by atoms with E-state index in [2.05, 4.69) is 0 Å². The highest BCUT2D eigenvalue weighted by Gasteiger charge is 2.46. The summed E-state index contributed by atoms with van der Waals surface area (Å²) in [4.78, 5) is 13.8. The summed E-state index contributed by atoms with van der Waals surface area (Å²) in [5.41, 5.74) is -1.89. The van der Waals surface area contributed by atoms with Gasteiger partial charge in [0.2, 0.25) is 23.8 Å². The van der Waals surface area contributed by atoms with E-state index in [1.807, 2.05) is 0 Å². The van der Waals surface area contributed by atoms with Crippen molar-refractivity contribution >= 4 is 11.0 Å². The molecule has 18 heteroatoms. The largest absolute Gasteiger partial charge is 0.507 e. The number of aromatic hydroxyl groups is 4. The Balaban J connectivity index is 1.62. The molecule has 0 amide bonds.